The topological polar surface area (TPSA) is 95.5 Å². The van der Waals surface area contributed by atoms with Crippen molar-refractivity contribution in [3.63, 3.8) is 0 Å². The molecule has 0 radical (unpaired) electrons. The number of thioether (sulfide) groups is 1. The van der Waals surface area contributed by atoms with E-state index in [1.165, 1.54) is 11.8 Å². The number of hydrogen-bond donors (Lipinski definition) is 3. The van der Waals surface area contributed by atoms with Crippen molar-refractivity contribution in [1.29, 1.82) is 0 Å². The number of amides is 2. The van der Waals surface area contributed by atoms with Crippen LogP contribution in [0.5, 0.6) is 0 Å². The van der Waals surface area contributed by atoms with Crippen LogP contribution in [-0.2, 0) is 14.4 Å². The van der Waals surface area contributed by atoms with Gasteiger partial charge in [-0.05, 0) is 31.5 Å². The molecule has 8 heteroatoms. The van der Waals surface area contributed by atoms with Crippen molar-refractivity contribution in [2.24, 2.45) is 0 Å². The van der Waals surface area contributed by atoms with Gasteiger partial charge in [0.2, 0.25) is 11.8 Å². The average molecular weight is 369 g/mol. The van der Waals surface area contributed by atoms with Crippen LogP contribution in [0, 0.1) is 0 Å². The Morgan fingerprint density at radius 3 is 2.92 bits per heavy atom. The van der Waals surface area contributed by atoms with E-state index in [9.17, 15) is 14.4 Å². The highest BCUT2D eigenvalue weighted by atomic mass is 35.5. The normalized spacial score (nSPS) is 17.9. The zero-order valence-corrected chi connectivity index (χ0v) is 14.5. The number of benzene rings is 1. The lowest BCUT2D eigenvalue weighted by molar-refractivity contribution is -0.141. The highest BCUT2D eigenvalue weighted by Crippen LogP contribution is 2.38. The molecule has 3 N–H and O–H groups in total. The third-order valence-corrected chi connectivity index (χ3v) is 4.88. The first-order valence-corrected chi connectivity index (χ1v) is 8.57. The van der Waals surface area contributed by atoms with Crippen molar-refractivity contribution >= 4 is 46.8 Å². The summed E-state index contributed by atoms with van der Waals surface area (Å²) in [7, 11) is 0. The molecule has 1 aromatic rings. The molecule has 24 heavy (non-hydrogen) atoms. The standard InChI is InChI=1S/C16H17ClN2O4S/c1-2-3-4-10(16(22)23)18-14(20)8-13-15(21)19-11-7-9(17)5-6-12(11)24-13/h2-3,5-7,10,13H,4,8H2,1H3,(H,18,20)(H,19,21)(H,22,23)/b3-2+. The third-order valence-electron chi connectivity index (χ3n) is 3.37. The SMILES string of the molecule is C/C=C/CC(NC(=O)CC1Sc2ccc(Cl)cc2NC1=O)C(=O)O. The summed E-state index contributed by atoms with van der Waals surface area (Å²) in [6.07, 6.45) is 3.48. The zero-order valence-electron chi connectivity index (χ0n) is 12.9. The fourth-order valence-corrected chi connectivity index (χ4v) is 3.44. The van der Waals surface area contributed by atoms with Crippen LogP contribution in [0.1, 0.15) is 19.8 Å². The summed E-state index contributed by atoms with van der Waals surface area (Å²) in [6.45, 7) is 1.77. The number of carboxylic acids is 1. The number of rotatable bonds is 6. The Morgan fingerprint density at radius 2 is 2.25 bits per heavy atom. The fraction of sp³-hybridized carbons (Fsp3) is 0.312. The van der Waals surface area contributed by atoms with Crippen LogP contribution in [0.2, 0.25) is 5.02 Å². The maximum absolute atomic E-state index is 12.1. The van der Waals surface area contributed by atoms with Gasteiger partial charge < -0.3 is 15.7 Å². The van der Waals surface area contributed by atoms with Crippen LogP contribution in [-0.4, -0.2) is 34.2 Å². The van der Waals surface area contributed by atoms with Crippen molar-refractivity contribution in [2.75, 3.05) is 5.32 Å². The first kappa shape index (κ1) is 18.4. The number of fused-ring (bicyclic) bond motifs is 1. The van der Waals surface area contributed by atoms with E-state index >= 15 is 0 Å². The molecule has 1 aliphatic heterocycles. The molecule has 0 spiro atoms. The Kier molecular flexibility index (Phi) is 6.28. The predicted molar refractivity (Wildman–Crippen MR) is 93.3 cm³/mol. The van der Waals surface area contributed by atoms with Crippen LogP contribution in [0.3, 0.4) is 0 Å². The Hall–Kier alpha value is -1.99. The van der Waals surface area contributed by atoms with E-state index in [2.05, 4.69) is 10.6 Å². The zero-order chi connectivity index (χ0) is 17.7. The minimum absolute atomic E-state index is 0.0990. The number of allylic oxidation sites excluding steroid dienone is 1. The quantitative estimate of drug-likeness (QED) is 0.671. The second kappa shape index (κ2) is 8.21. The van der Waals surface area contributed by atoms with E-state index in [1.54, 1.807) is 37.3 Å². The largest absolute Gasteiger partial charge is 0.480 e. The van der Waals surface area contributed by atoms with Gasteiger partial charge in [-0.15, -0.1) is 11.8 Å². The van der Waals surface area contributed by atoms with Crippen molar-refractivity contribution in [1.82, 2.24) is 5.32 Å². The summed E-state index contributed by atoms with van der Waals surface area (Å²) in [5.41, 5.74) is 0.616. The molecule has 1 heterocycles. The number of hydrogen-bond acceptors (Lipinski definition) is 4. The monoisotopic (exact) mass is 368 g/mol. The average Bonchev–Trinajstić information content (AvgIpc) is 2.52. The molecular weight excluding hydrogens is 352 g/mol. The Labute approximate surface area is 148 Å². The Bertz CT molecular complexity index is 693. The Balaban J connectivity index is 2.00. The van der Waals surface area contributed by atoms with Gasteiger partial charge in [0.25, 0.3) is 0 Å². The number of carboxylic acid groups (broad SMARTS) is 1. The van der Waals surface area contributed by atoms with E-state index in [1.807, 2.05) is 0 Å². The number of aliphatic carboxylic acids is 1. The lowest BCUT2D eigenvalue weighted by Gasteiger charge is -2.24. The van der Waals surface area contributed by atoms with Crippen LogP contribution in [0.15, 0.2) is 35.2 Å². The van der Waals surface area contributed by atoms with Crippen LogP contribution >= 0.6 is 23.4 Å². The molecule has 0 saturated heterocycles. The molecule has 2 atom stereocenters. The second-order valence-corrected chi connectivity index (χ2v) is 6.88. The minimum atomic E-state index is -1.11. The van der Waals surface area contributed by atoms with E-state index in [0.717, 1.165) is 4.90 Å². The minimum Gasteiger partial charge on any atom is -0.480 e. The van der Waals surface area contributed by atoms with Gasteiger partial charge in [-0.3, -0.25) is 9.59 Å². The van der Waals surface area contributed by atoms with Gasteiger partial charge in [-0.25, -0.2) is 4.79 Å². The van der Waals surface area contributed by atoms with Gasteiger partial charge in [0, 0.05) is 16.3 Å². The predicted octanol–water partition coefficient (Wildman–Crippen LogP) is 2.68. The molecule has 1 aliphatic rings. The first-order chi connectivity index (χ1) is 11.4. The van der Waals surface area contributed by atoms with Crippen molar-refractivity contribution in [3.05, 3.63) is 35.4 Å². The van der Waals surface area contributed by atoms with E-state index in [0.29, 0.717) is 10.7 Å². The van der Waals surface area contributed by atoms with Crippen molar-refractivity contribution in [2.45, 2.75) is 36.0 Å². The van der Waals surface area contributed by atoms with Crippen LogP contribution in [0.4, 0.5) is 5.69 Å². The number of halogens is 1. The molecule has 2 amide bonds. The summed E-state index contributed by atoms with van der Waals surface area (Å²) in [6, 6.07) is 4.13. The Morgan fingerprint density at radius 1 is 1.50 bits per heavy atom. The van der Waals surface area contributed by atoms with Gasteiger partial charge >= 0.3 is 5.97 Å². The molecule has 128 valence electrons. The van der Waals surface area contributed by atoms with Gasteiger partial charge in [-0.2, -0.15) is 0 Å². The molecular formula is C16H17ClN2O4S. The highest BCUT2D eigenvalue weighted by molar-refractivity contribution is 8.01. The van der Waals surface area contributed by atoms with Crippen LogP contribution < -0.4 is 10.6 Å². The molecule has 0 saturated carbocycles. The molecule has 6 nitrogen and oxygen atoms in total. The fourth-order valence-electron chi connectivity index (χ4n) is 2.17. The number of nitrogens with one attached hydrogen (secondary N) is 2. The molecule has 0 aromatic heterocycles. The highest BCUT2D eigenvalue weighted by Gasteiger charge is 2.30. The summed E-state index contributed by atoms with van der Waals surface area (Å²) < 4.78 is 0. The number of carbonyl (C=O) groups is 3. The lowest BCUT2D eigenvalue weighted by Crippen LogP contribution is -2.43. The summed E-state index contributed by atoms with van der Waals surface area (Å²) in [4.78, 5) is 36.2. The third kappa shape index (κ3) is 4.75. The lowest BCUT2D eigenvalue weighted by atomic mass is 10.1. The van der Waals surface area contributed by atoms with E-state index in [4.69, 9.17) is 16.7 Å². The van der Waals surface area contributed by atoms with Crippen molar-refractivity contribution < 1.29 is 19.5 Å². The summed E-state index contributed by atoms with van der Waals surface area (Å²) >= 11 is 7.15. The molecule has 2 unspecified atom stereocenters. The second-order valence-electron chi connectivity index (χ2n) is 5.20. The summed E-state index contributed by atoms with van der Waals surface area (Å²) in [5, 5.41) is 14.2. The van der Waals surface area contributed by atoms with Crippen LogP contribution in [0.25, 0.3) is 0 Å². The van der Waals surface area contributed by atoms with Gasteiger partial charge in [-0.1, -0.05) is 23.8 Å². The molecule has 2 rings (SSSR count). The summed E-state index contributed by atoms with van der Waals surface area (Å²) in [5.74, 6) is -1.88. The van der Waals surface area contributed by atoms with Gasteiger partial charge in [0.05, 0.1) is 10.9 Å². The molecule has 1 aromatic carbocycles. The van der Waals surface area contributed by atoms with E-state index in [-0.39, 0.29) is 18.7 Å². The number of anilines is 1. The number of carbonyl (C=O) groups excluding carboxylic acids is 2. The van der Waals surface area contributed by atoms with Gasteiger partial charge in [0.1, 0.15) is 6.04 Å². The first-order valence-electron chi connectivity index (χ1n) is 7.31. The molecule has 0 aliphatic carbocycles. The molecule has 0 bridgehead atoms. The maximum atomic E-state index is 12.1. The van der Waals surface area contributed by atoms with E-state index < -0.39 is 23.2 Å². The maximum Gasteiger partial charge on any atom is 0.326 e. The molecule has 0 fully saturated rings. The van der Waals surface area contributed by atoms with Crippen molar-refractivity contribution in [3.8, 4) is 0 Å². The smallest absolute Gasteiger partial charge is 0.326 e. The van der Waals surface area contributed by atoms with Gasteiger partial charge in [0.15, 0.2) is 0 Å².